The molecule has 2 heteroatoms. The maximum Gasteiger partial charge on any atom is 0.120 e. The molecule has 1 nitrogen and oxygen atoms in total. The van der Waals surface area contributed by atoms with Crippen LogP contribution in [0.4, 0.5) is 0 Å². The van der Waals surface area contributed by atoms with Crippen molar-refractivity contribution in [3.63, 3.8) is 0 Å². The van der Waals surface area contributed by atoms with Gasteiger partial charge in [-0.2, -0.15) is 0 Å². The van der Waals surface area contributed by atoms with Gasteiger partial charge >= 0.3 is 0 Å². The third kappa shape index (κ3) is 3.07. The second-order valence-corrected chi connectivity index (χ2v) is 7.43. The molecule has 0 heterocycles. The number of halogens is 1. The zero-order valence-electron chi connectivity index (χ0n) is 14.7. The third-order valence-corrected chi connectivity index (χ3v) is 5.48. The minimum absolute atomic E-state index is 0.273. The Bertz CT molecular complexity index is 931. The van der Waals surface area contributed by atoms with Crippen LogP contribution in [0.25, 0.3) is 0 Å². The van der Waals surface area contributed by atoms with Gasteiger partial charge in [-0.25, -0.2) is 0 Å². The summed E-state index contributed by atoms with van der Waals surface area (Å²) in [6.45, 7) is 0. The number of rotatable bonds is 4. The molecule has 0 atom stereocenters. The van der Waals surface area contributed by atoms with Crippen molar-refractivity contribution in [3.05, 3.63) is 136 Å². The topological polar surface area (TPSA) is 20.2 Å². The Morgan fingerprint density at radius 2 is 0.963 bits per heavy atom. The first-order valence-electron chi connectivity index (χ1n) is 8.88. The molecule has 27 heavy (non-hydrogen) atoms. The van der Waals surface area contributed by atoms with Gasteiger partial charge in [0.05, 0.1) is 5.41 Å². The Balaban J connectivity index is 2.18. The number of phenolic OH excluding ortho intramolecular Hbond substituents is 1. The first kappa shape index (κ1) is 17.6. The van der Waals surface area contributed by atoms with Crippen LogP contribution in [0.5, 0.6) is 5.75 Å². The van der Waals surface area contributed by atoms with E-state index in [9.17, 15) is 5.11 Å². The number of hydrogen-bond acceptors (Lipinski definition) is 1. The number of aromatic hydroxyl groups is 1. The molecule has 0 fully saturated rings. The summed E-state index contributed by atoms with van der Waals surface area (Å²) in [6, 6.07) is 36.7. The summed E-state index contributed by atoms with van der Waals surface area (Å²) in [7, 11) is 0. The molecular weight excluding hydrogens is 396 g/mol. The van der Waals surface area contributed by atoms with E-state index in [4.69, 9.17) is 0 Å². The van der Waals surface area contributed by atoms with Crippen LogP contribution in [0, 0.1) is 0 Å². The Kier molecular flexibility index (Phi) is 4.83. The molecule has 0 aliphatic rings. The minimum atomic E-state index is -0.627. The van der Waals surface area contributed by atoms with Gasteiger partial charge in [-0.1, -0.05) is 107 Å². The molecular formula is C25H19BrO. The molecule has 0 aromatic heterocycles. The standard InChI is InChI=1S/C25H19BrO/c26-22-16-17-24(27)23(18-22)25(19-10-4-1-5-11-19,20-12-6-2-7-13-20)21-14-8-3-9-15-21/h1-18,27H. The van der Waals surface area contributed by atoms with Crippen LogP contribution in [0.1, 0.15) is 22.3 Å². The van der Waals surface area contributed by atoms with Gasteiger partial charge in [-0.05, 0) is 34.9 Å². The number of benzene rings is 4. The third-order valence-electron chi connectivity index (χ3n) is 4.98. The lowest BCUT2D eigenvalue weighted by Crippen LogP contribution is -2.31. The van der Waals surface area contributed by atoms with Gasteiger partial charge in [0, 0.05) is 10.0 Å². The van der Waals surface area contributed by atoms with Crippen molar-refractivity contribution >= 4 is 15.9 Å². The number of phenols is 1. The van der Waals surface area contributed by atoms with E-state index >= 15 is 0 Å². The average Bonchev–Trinajstić information content (AvgIpc) is 2.73. The van der Waals surface area contributed by atoms with Crippen molar-refractivity contribution in [2.45, 2.75) is 5.41 Å². The molecule has 0 radical (unpaired) electrons. The van der Waals surface area contributed by atoms with Crippen molar-refractivity contribution in [2.75, 3.05) is 0 Å². The smallest absolute Gasteiger partial charge is 0.120 e. The normalized spacial score (nSPS) is 11.3. The van der Waals surface area contributed by atoms with E-state index in [0.29, 0.717) is 0 Å². The highest BCUT2D eigenvalue weighted by Gasteiger charge is 2.40. The van der Waals surface area contributed by atoms with Crippen LogP contribution in [-0.4, -0.2) is 5.11 Å². The molecule has 0 unspecified atom stereocenters. The quantitative estimate of drug-likeness (QED) is 0.376. The van der Waals surface area contributed by atoms with Gasteiger partial charge in [0.1, 0.15) is 5.75 Å². The zero-order valence-corrected chi connectivity index (χ0v) is 16.3. The molecule has 4 rings (SSSR count). The van der Waals surface area contributed by atoms with Gasteiger partial charge in [0.25, 0.3) is 0 Å². The fourth-order valence-electron chi connectivity index (χ4n) is 3.84. The lowest BCUT2D eigenvalue weighted by Gasteiger charge is -2.37. The second-order valence-electron chi connectivity index (χ2n) is 6.51. The van der Waals surface area contributed by atoms with Crippen LogP contribution in [0.15, 0.2) is 114 Å². The van der Waals surface area contributed by atoms with Gasteiger partial charge in [-0.3, -0.25) is 0 Å². The first-order valence-corrected chi connectivity index (χ1v) is 9.68. The average molecular weight is 415 g/mol. The van der Waals surface area contributed by atoms with E-state index < -0.39 is 5.41 Å². The zero-order chi connectivity index (χ0) is 18.7. The summed E-state index contributed by atoms with van der Waals surface area (Å²) in [5, 5.41) is 10.9. The molecule has 4 aromatic carbocycles. The van der Waals surface area contributed by atoms with Crippen molar-refractivity contribution < 1.29 is 5.11 Å². The lowest BCUT2D eigenvalue weighted by atomic mass is 9.65. The van der Waals surface area contributed by atoms with E-state index in [2.05, 4.69) is 52.3 Å². The van der Waals surface area contributed by atoms with Crippen molar-refractivity contribution in [1.82, 2.24) is 0 Å². The Labute approximate surface area is 168 Å². The molecule has 1 N–H and O–H groups in total. The van der Waals surface area contributed by atoms with Crippen molar-refractivity contribution in [2.24, 2.45) is 0 Å². The lowest BCUT2D eigenvalue weighted by molar-refractivity contribution is 0.460. The van der Waals surface area contributed by atoms with Crippen LogP contribution in [0.3, 0.4) is 0 Å². The van der Waals surface area contributed by atoms with E-state index in [1.54, 1.807) is 6.07 Å². The van der Waals surface area contributed by atoms with E-state index in [1.807, 2.05) is 66.7 Å². The Hall–Kier alpha value is -2.84. The molecule has 0 aliphatic carbocycles. The Morgan fingerprint density at radius 1 is 0.556 bits per heavy atom. The first-order chi connectivity index (χ1) is 13.2. The van der Waals surface area contributed by atoms with Crippen LogP contribution >= 0.6 is 15.9 Å². The second kappa shape index (κ2) is 7.42. The molecule has 4 aromatic rings. The van der Waals surface area contributed by atoms with Crippen molar-refractivity contribution in [1.29, 1.82) is 0 Å². The highest BCUT2D eigenvalue weighted by molar-refractivity contribution is 9.10. The highest BCUT2D eigenvalue weighted by Crippen LogP contribution is 2.48. The maximum atomic E-state index is 10.9. The van der Waals surface area contributed by atoms with Gasteiger partial charge in [0.15, 0.2) is 0 Å². The van der Waals surface area contributed by atoms with Gasteiger partial charge < -0.3 is 5.11 Å². The fourth-order valence-corrected chi connectivity index (χ4v) is 4.20. The fraction of sp³-hybridized carbons (Fsp3) is 0.0400. The summed E-state index contributed by atoms with van der Waals surface area (Å²) >= 11 is 3.60. The minimum Gasteiger partial charge on any atom is -0.508 e. The van der Waals surface area contributed by atoms with Crippen LogP contribution < -0.4 is 0 Å². The molecule has 0 saturated carbocycles. The van der Waals surface area contributed by atoms with E-state index in [-0.39, 0.29) is 5.75 Å². The predicted molar refractivity (Wildman–Crippen MR) is 114 cm³/mol. The highest BCUT2D eigenvalue weighted by atomic mass is 79.9. The van der Waals surface area contributed by atoms with Crippen LogP contribution in [-0.2, 0) is 5.41 Å². The van der Waals surface area contributed by atoms with Crippen molar-refractivity contribution in [3.8, 4) is 5.75 Å². The molecule has 132 valence electrons. The maximum absolute atomic E-state index is 10.9. The molecule has 0 amide bonds. The van der Waals surface area contributed by atoms with Gasteiger partial charge in [-0.15, -0.1) is 0 Å². The van der Waals surface area contributed by atoms with Crippen LogP contribution in [0.2, 0.25) is 0 Å². The molecule has 0 saturated heterocycles. The van der Waals surface area contributed by atoms with E-state index in [0.717, 1.165) is 26.7 Å². The predicted octanol–water partition coefficient (Wildman–Crippen LogP) is 6.54. The molecule has 0 spiro atoms. The Morgan fingerprint density at radius 3 is 1.37 bits per heavy atom. The molecule has 0 bridgehead atoms. The summed E-state index contributed by atoms with van der Waals surface area (Å²) in [6.07, 6.45) is 0. The summed E-state index contributed by atoms with van der Waals surface area (Å²) < 4.78 is 0.933. The van der Waals surface area contributed by atoms with Gasteiger partial charge in [0.2, 0.25) is 0 Å². The number of hydrogen-bond donors (Lipinski definition) is 1. The largest absolute Gasteiger partial charge is 0.508 e. The SMILES string of the molecule is Oc1ccc(Br)cc1C(c1ccccc1)(c1ccccc1)c1ccccc1. The molecule has 0 aliphatic heterocycles. The summed E-state index contributed by atoms with van der Waals surface area (Å²) in [4.78, 5) is 0. The van der Waals surface area contributed by atoms with E-state index in [1.165, 1.54) is 0 Å². The summed E-state index contributed by atoms with van der Waals surface area (Å²) in [5.41, 5.74) is 3.54. The monoisotopic (exact) mass is 414 g/mol. The summed E-state index contributed by atoms with van der Waals surface area (Å²) in [5.74, 6) is 0.273.